The summed E-state index contributed by atoms with van der Waals surface area (Å²) in [6.45, 7) is 2.06. The van der Waals surface area contributed by atoms with Crippen molar-refractivity contribution in [1.82, 2.24) is 0 Å². The number of hydrogen-bond donors (Lipinski definition) is 1. The Balaban J connectivity index is 1.72. The summed E-state index contributed by atoms with van der Waals surface area (Å²) in [5, 5.41) is 12.4. The van der Waals surface area contributed by atoms with Gasteiger partial charge in [-0.1, -0.05) is 65.3 Å². The molecule has 0 aliphatic rings. The standard InChI is InChI=1S/C23H17ClN2OS/c1-16-6-10-19(11-7-16)28-20-12-8-17(9-13-20)14-18(15-25)23(27)26-22-5-3-2-4-21(22)24/h2-14H,1H3,(H,26,27)/b18-14-. The average molecular weight is 405 g/mol. The Hall–Kier alpha value is -3.00. The number of nitrogens with one attached hydrogen (secondary N) is 1. The van der Waals surface area contributed by atoms with E-state index >= 15 is 0 Å². The smallest absolute Gasteiger partial charge is 0.266 e. The Morgan fingerprint density at radius 3 is 2.21 bits per heavy atom. The van der Waals surface area contributed by atoms with Crippen molar-refractivity contribution in [2.75, 3.05) is 5.32 Å². The van der Waals surface area contributed by atoms with Crippen molar-refractivity contribution in [3.63, 3.8) is 0 Å². The van der Waals surface area contributed by atoms with E-state index in [4.69, 9.17) is 11.6 Å². The Bertz CT molecular complexity index is 1050. The van der Waals surface area contributed by atoms with Gasteiger partial charge in [0.2, 0.25) is 0 Å². The molecule has 0 fully saturated rings. The van der Waals surface area contributed by atoms with Gasteiger partial charge in [0.25, 0.3) is 5.91 Å². The molecule has 5 heteroatoms. The second-order valence-electron chi connectivity index (χ2n) is 6.09. The van der Waals surface area contributed by atoms with Crippen LogP contribution >= 0.6 is 23.4 Å². The minimum Gasteiger partial charge on any atom is -0.320 e. The SMILES string of the molecule is Cc1ccc(Sc2ccc(/C=C(/C#N)C(=O)Nc3ccccc3Cl)cc2)cc1. The van der Waals surface area contributed by atoms with Crippen LogP contribution in [-0.2, 0) is 4.79 Å². The lowest BCUT2D eigenvalue weighted by atomic mass is 10.1. The predicted molar refractivity (Wildman–Crippen MR) is 115 cm³/mol. The number of aryl methyl sites for hydroxylation is 1. The second-order valence-corrected chi connectivity index (χ2v) is 7.64. The molecule has 0 saturated carbocycles. The van der Waals surface area contributed by atoms with Crippen LogP contribution in [-0.4, -0.2) is 5.91 Å². The number of carbonyl (C=O) groups is 1. The van der Waals surface area contributed by atoms with Crippen LogP contribution in [0.25, 0.3) is 6.08 Å². The Morgan fingerprint density at radius 2 is 1.61 bits per heavy atom. The molecule has 3 aromatic rings. The molecule has 3 rings (SSSR count). The lowest BCUT2D eigenvalue weighted by molar-refractivity contribution is -0.112. The highest BCUT2D eigenvalue weighted by Gasteiger charge is 2.11. The number of rotatable bonds is 5. The summed E-state index contributed by atoms with van der Waals surface area (Å²) in [4.78, 5) is 14.6. The van der Waals surface area contributed by atoms with Gasteiger partial charge in [0.1, 0.15) is 11.6 Å². The van der Waals surface area contributed by atoms with E-state index in [1.807, 2.05) is 30.3 Å². The first kappa shape index (κ1) is 19.8. The molecule has 0 saturated heterocycles. The molecule has 1 amide bonds. The molecule has 0 unspecified atom stereocenters. The van der Waals surface area contributed by atoms with Crippen LogP contribution in [0, 0.1) is 18.3 Å². The first-order chi connectivity index (χ1) is 13.5. The van der Waals surface area contributed by atoms with Crippen molar-refractivity contribution in [2.45, 2.75) is 16.7 Å². The second kappa shape index (κ2) is 9.27. The molecule has 3 aromatic carbocycles. The summed E-state index contributed by atoms with van der Waals surface area (Å²) in [5.41, 5.74) is 2.49. The number of halogens is 1. The number of para-hydroxylation sites is 1. The van der Waals surface area contributed by atoms with Gasteiger partial charge in [0.05, 0.1) is 10.7 Å². The van der Waals surface area contributed by atoms with Crippen molar-refractivity contribution in [3.05, 3.63) is 94.5 Å². The Kier molecular flexibility index (Phi) is 6.54. The van der Waals surface area contributed by atoms with Crippen molar-refractivity contribution in [3.8, 4) is 6.07 Å². The highest BCUT2D eigenvalue weighted by atomic mass is 35.5. The van der Waals surface area contributed by atoms with Crippen LogP contribution in [0.2, 0.25) is 5.02 Å². The van der Waals surface area contributed by atoms with Gasteiger partial charge < -0.3 is 5.32 Å². The van der Waals surface area contributed by atoms with Gasteiger partial charge in [-0.25, -0.2) is 0 Å². The molecule has 0 aliphatic heterocycles. The van der Waals surface area contributed by atoms with Gasteiger partial charge >= 0.3 is 0 Å². The molecular weight excluding hydrogens is 388 g/mol. The van der Waals surface area contributed by atoms with E-state index in [-0.39, 0.29) is 5.57 Å². The molecule has 28 heavy (non-hydrogen) atoms. The van der Waals surface area contributed by atoms with Crippen LogP contribution in [0.3, 0.4) is 0 Å². The van der Waals surface area contributed by atoms with Crippen molar-refractivity contribution < 1.29 is 4.79 Å². The number of amides is 1. The Morgan fingerprint density at radius 1 is 1.00 bits per heavy atom. The zero-order valence-corrected chi connectivity index (χ0v) is 16.7. The summed E-state index contributed by atoms with van der Waals surface area (Å²) >= 11 is 7.71. The maximum Gasteiger partial charge on any atom is 0.266 e. The third-order valence-electron chi connectivity index (χ3n) is 3.93. The summed E-state index contributed by atoms with van der Waals surface area (Å²) in [6.07, 6.45) is 1.56. The Labute approximate surface area is 173 Å². The molecule has 3 nitrogen and oxygen atoms in total. The van der Waals surface area contributed by atoms with Gasteiger partial charge in [-0.05, 0) is 55.0 Å². The predicted octanol–water partition coefficient (Wildman–Crippen LogP) is 6.35. The van der Waals surface area contributed by atoms with Crippen molar-refractivity contribution in [2.24, 2.45) is 0 Å². The molecule has 0 atom stereocenters. The number of benzene rings is 3. The molecular formula is C23H17ClN2OS. The zero-order chi connectivity index (χ0) is 19.9. The fraction of sp³-hybridized carbons (Fsp3) is 0.0435. The van der Waals surface area contributed by atoms with E-state index in [9.17, 15) is 10.1 Å². The lowest BCUT2D eigenvalue weighted by Gasteiger charge is -2.06. The lowest BCUT2D eigenvalue weighted by Crippen LogP contribution is -2.13. The molecule has 0 heterocycles. The van der Waals surface area contributed by atoms with E-state index in [2.05, 4.69) is 36.5 Å². The van der Waals surface area contributed by atoms with E-state index in [0.717, 1.165) is 15.4 Å². The van der Waals surface area contributed by atoms with Crippen LogP contribution in [0.1, 0.15) is 11.1 Å². The normalized spacial score (nSPS) is 11.0. The van der Waals surface area contributed by atoms with Gasteiger partial charge in [-0.3, -0.25) is 4.79 Å². The minimum absolute atomic E-state index is 0.0128. The summed E-state index contributed by atoms with van der Waals surface area (Å²) in [5.74, 6) is -0.492. The van der Waals surface area contributed by atoms with E-state index in [1.54, 1.807) is 42.1 Å². The van der Waals surface area contributed by atoms with E-state index < -0.39 is 5.91 Å². The van der Waals surface area contributed by atoms with Crippen LogP contribution < -0.4 is 5.32 Å². The maximum atomic E-state index is 12.4. The molecule has 0 aromatic heterocycles. The number of carbonyl (C=O) groups excluding carboxylic acids is 1. The number of anilines is 1. The van der Waals surface area contributed by atoms with Gasteiger partial charge in [0, 0.05) is 9.79 Å². The van der Waals surface area contributed by atoms with E-state index in [1.165, 1.54) is 5.56 Å². The number of hydrogen-bond acceptors (Lipinski definition) is 3. The summed E-state index contributed by atoms with van der Waals surface area (Å²) in [7, 11) is 0. The molecule has 0 bridgehead atoms. The molecule has 138 valence electrons. The third kappa shape index (κ3) is 5.26. The van der Waals surface area contributed by atoms with Gasteiger partial charge in [-0.2, -0.15) is 5.26 Å². The van der Waals surface area contributed by atoms with Crippen LogP contribution in [0.15, 0.2) is 88.2 Å². The minimum atomic E-state index is -0.492. The molecule has 0 radical (unpaired) electrons. The number of nitriles is 1. The zero-order valence-electron chi connectivity index (χ0n) is 15.1. The first-order valence-corrected chi connectivity index (χ1v) is 9.77. The van der Waals surface area contributed by atoms with Crippen molar-refractivity contribution >= 4 is 41.0 Å². The number of nitrogens with zero attached hydrogens (tertiary/aromatic N) is 1. The largest absolute Gasteiger partial charge is 0.320 e. The highest BCUT2D eigenvalue weighted by Crippen LogP contribution is 2.28. The van der Waals surface area contributed by atoms with Gasteiger partial charge in [0.15, 0.2) is 0 Å². The van der Waals surface area contributed by atoms with Crippen LogP contribution in [0.5, 0.6) is 0 Å². The fourth-order valence-electron chi connectivity index (χ4n) is 2.44. The molecule has 0 aliphatic carbocycles. The molecule has 0 spiro atoms. The van der Waals surface area contributed by atoms with Gasteiger partial charge in [-0.15, -0.1) is 0 Å². The topological polar surface area (TPSA) is 52.9 Å². The fourth-order valence-corrected chi connectivity index (χ4v) is 3.44. The average Bonchev–Trinajstić information content (AvgIpc) is 2.71. The highest BCUT2D eigenvalue weighted by molar-refractivity contribution is 7.99. The van der Waals surface area contributed by atoms with Crippen LogP contribution in [0.4, 0.5) is 5.69 Å². The molecule has 1 N–H and O–H groups in total. The summed E-state index contributed by atoms with van der Waals surface area (Å²) in [6, 6.07) is 24.9. The third-order valence-corrected chi connectivity index (χ3v) is 5.28. The monoisotopic (exact) mass is 404 g/mol. The van der Waals surface area contributed by atoms with E-state index in [0.29, 0.717) is 10.7 Å². The maximum absolute atomic E-state index is 12.4. The first-order valence-electron chi connectivity index (χ1n) is 8.57. The van der Waals surface area contributed by atoms with Crippen molar-refractivity contribution in [1.29, 1.82) is 5.26 Å². The summed E-state index contributed by atoms with van der Waals surface area (Å²) < 4.78 is 0. The quantitative estimate of drug-likeness (QED) is 0.398.